The number of benzene rings is 2. The van der Waals surface area contributed by atoms with Crippen molar-refractivity contribution in [2.75, 3.05) is 10.6 Å². The lowest BCUT2D eigenvalue weighted by Crippen LogP contribution is -2.49. The average molecular weight is 417 g/mol. The summed E-state index contributed by atoms with van der Waals surface area (Å²) in [4.78, 5) is 13.1. The molecular weight excluding hydrogens is 384 g/mol. The van der Waals surface area contributed by atoms with Crippen molar-refractivity contribution in [3.8, 4) is 0 Å². The van der Waals surface area contributed by atoms with E-state index in [0.717, 1.165) is 29.4 Å². The van der Waals surface area contributed by atoms with Crippen molar-refractivity contribution in [1.82, 2.24) is 5.32 Å². The molecule has 158 valence electrons. The third kappa shape index (κ3) is 5.60. The zero-order valence-corrected chi connectivity index (χ0v) is 19.0. The highest BCUT2D eigenvalue weighted by Gasteiger charge is 2.32. The summed E-state index contributed by atoms with van der Waals surface area (Å²) < 4.78 is 26.4. The zero-order chi connectivity index (χ0) is 21.8. The van der Waals surface area contributed by atoms with Gasteiger partial charge in [0, 0.05) is 0 Å². The van der Waals surface area contributed by atoms with Crippen LogP contribution in [0.1, 0.15) is 55.5 Å². The SMILES string of the molecule is CCc1ccc([C@H](C)NC(=O)[C@H](CC)N(c2ccc(C)c(C)c2)S(C)(=O)=O)cc1. The second-order valence-corrected chi connectivity index (χ2v) is 9.44. The fourth-order valence-electron chi connectivity index (χ4n) is 3.36. The smallest absolute Gasteiger partial charge is 0.244 e. The number of carbonyl (C=O) groups is 1. The van der Waals surface area contributed by atoms with E-state index in [4.69, 9.17) is 0 Å². The molecule has 2 aromatic rings. The third-order valence-electron chi connectivity index (χ3n) is 5.32. The van der Waals surface area contributed by atoms with Gasteiger partial charge in [0.15, 0.2) is 0 Å². The normalized spacial score (nSPS) is 13.6. The Balaban J connectivity index is 2.30. The molecular formula is C23H32N2O3S. The van der Waals surface area contributed by atoms with Gasteiger partial charge < -0.3 is 5.32 Å². The largest absolute Gasteiger partial charge is 0.348 e. The molecule has 0 spiro atoms. The van der Waals surface area contributed by atoms with Gasteiger partial charge in [-0.2, -0.15) is 0 Å². The summed E-state index contributed by atoms with van der Waals surface area (Å²) in [5, 5.41) is 2.99. The molecule has 0 bridgehead atoms. The molecule has 0 radical (unpaired) electrons. The van der Waals surface area contributed by atoms with Gasteiger partial charge >= 0.3 is 0 Å². The fourth-order valence-corrected chi connectivity index (χ4v) is 4.56. The van der Waals surface area contributed by atoms with Crippen LogP contribution in [0.4, 0.5) is 5.69 Å². The first-order valence-corrected chi connectivity index (χ1v) is 11.9. The third-order valence-corrected chi connectivity index (χ3v) is 6.50. The van der Waals surface area contributed by atoms with E-state index in [-0.39, 0.29) is 11.9 Å². The first-order chi connectivity index (χ1) is 13.6. The lowest BCUT2D eigenvalue weighted by molar-refractivity contribution is -0.122. The number of rotatable bonds is 8. The Kier molecular flexibility index (Phi) is 7.47. The van der Waals surface area contributed by atoms with Crippen molar-refractivity contribution in [2.45, 2.75) is 59.5 Å². The molecule has 0 unspecified atom stereocenters. The van der Waals surface area contributed by atoms with Crippen LogP contribution in [0.15, 0.2) is 42.5 Å². The lowest BCUT2D eigenvalue weighted by Gasteiger charge is -2.31. The highest BCUT2D eigenvalue weighted by molar-refractivity contribution is 7.92. The van der Waals surface area contributed by atoms with E-state index in [1.807, 2.05) is 64.1 Å². The van der Waals surface area contributed by atoms with Crippen LogP contribution in [0.2, 0.25) is 0 Å². The Bertz CT molecular complexity index is 953. The molecule has 0 saturated carbocycles. The number of hydrogen-bond acceptors (Lipinski definition) is 3. The van der Waals surface area contributed by atoms with Gasteiger partial charge in [-0.3, -0.25) is 9.10 Å². The van der Waals surface area contributed by atoms with E-state index < -0.39 is 16.1 Å². The van der Waals surface area contributed by atoms with Gasteiger partial charge in [0.05, 0.1) is 18.0 Å². The van der Waals surface area contributed by atoms with Gasteiger partial charge in [0.25, 0.3) is 0 Å². The number of amides is 1. The lowest BCUT2D eigenvalue weighted by atomic mass is 10.0. The quantitative estimate of drug-likeness (QED) is 0.698. The minimum atomic E-state index is -3.64. The summed E-state index contributed by atoms with van der Waals surface area (Å²) in [5.74, 6) is -0.303. The summed E-state index contributed by atoms with van der Waals surface area (Å²) in [5.41, 5.74) is 4.79. The molecule has 0 saturated heterocycles. The number of anilines is 1. The minimum Gasteiger partial charge on any atom is -0.348 e. The maximum absolute atomic E-state index is 13.1. The van der Waals surface area contributed by atoms with Gasteiger partial charge in [0.2, 0.25) is 15.9 Å². The van der Waals surface area contributed by atoms with Gasteiger partial charge in [-0.05, 0) is 68.0 Å². The molecule has 6 heteroatoms. The van der Waals surface area contributed by atoms with Crippen molar-refractivity contribution >= 4 is 21.6 Å². The summed E-state index contributed by atoms with van der Waals surface area (Å²) in [6.45, 7) is 9.73. The summed E-state index contributed by atoms with van der Waals surface area (Å²) >= 11 is 0. The Morgan fingerprint density at radius 1 is 1.03 bits per heavy atom. The van der Waals surface area contributed by atoms with Crippen molar-refractivity contribution in [3.05, 3.63) is 64.7 Å². The van der Waals surface area contributed by atoms with Crippen molar-refractivity contribution in [1.29, 1.82) is 0 Å². The molecule has 2 rings (SSSR count). The summed E-state index contributed by atoms with van der Waals surface area (Å²) in [6, 6.07) is 12.5. The molecule has 2 aromatic carbocycles. The molecule has 0 aliphatic rings. The second kappa shape index (κ2) is 9.44. The van der Waals surface area contributed by atoms with Crippen molar-refractivity contribution in [2.24, 2.45) is 0 Å². The maximum Gasteiger partial charge on any atom is 0.244 e. The molecule has 0 aromatic heterocycles. The van der Waals surface area contributed by atoms with E-state index in [9.17, 15) is 13.2 Å². The highest BCUT2D eigenvalue weighted by atomic mass is 32.2. The molecule has 0 fully saturated rings. The standard InChI is InChI=1S/C23H32N2O3S/c1-7-19-10-12-20(13-11-19)18(5)24-23(26)22(8-2)25(29(6,27)28)21-14-9-16(3)17(4)15-21/h9-15,18,22H,7-8H2,1-6H3,(H,24,26)/t18-,22-/m0/s1. The molecule has 0 aliphatic carbocycles. The Hall–Kier alpha value is -2.34. The van der Waals surface area contributed by atoms with Crippen LogP contribution in [0.5, 0.6) is 0 Å². The van der Waals surface area contributed by atoms with Crippen LogP contribution in [0.25, 0.3) is 0 Å². The van der Waals surface area contributed by atoms with Crippen LogP contribution in [0, 0.1) is 13.8 Å². The van der Waals surface area contributed by atoms with Crippen molar-refractivity contribution in [3.63, 3.8) is 0 Å². The highest BCUT2D eigenvalue weighted by Crippen LogP contribution is 2.25. The number of carbonyl (C=O) groups excluding carboxylic acids is 1. The van der Waals surface area contributed by atoms with Crippen LogP contribution in [0.3, 0.4) is 0 Å². The fraction of sp³-hybridized carbons (Fsp3) is 0.435. The Morgan fingerprint density at radius 3 is 2.14 bits per heavy atom. The van der Waals surface area contributed by atoms with E-state index in [1.165, 1.54) is 9.87 Å². The molecule has 0 heterocycles. The van der Waals surface area contributed by atoms with Crippen LogP contribution in [-0.2, 0) is 21.2 Å². The maximum atomic E-state index is 13.1. The van der Waals surface area contributed by atoms with Crippen LogP contribution in [-0.4, -0.2) is 26.6 Å². The first kappa shape index (κ1) is 22.9. The topological polar surface area (TPSA) is 66.5 Å². The monoisotopic (exact) mass is 416 g/mol. The van der Waals surface area contributed by atoms with Gasteiger partial charge in [-0.25, -0.2) is 8.42 Å². The number of hydrogen-bond donors (Lipinski definition) is 1. The molecule has 1 N–H and O–H groups in total. The predicted molar refractivity (Wildman–Crippen MR) is 120 cm³/mol. The molecule has 29 heavy (non-hydrogen) atoms. The van der Waals surface area contributed by atoms with Crippen molar-refractivity contribution < 1.29 is 13.2 Å². The number of aryl methyl sites for hydroxylation is 3. The average Bonchev–Trinajstić information content (AvgIpc) is 2.67. The molecule has 5 nitrogen and oxygen atoms in total. The molecule has 0 aliphatic heterocycles. The van der Waals surface area contributed by atoms with Crippen LogP contribution < -0.4 is 9.62 Å². The minimum absolute atomic E-state index is 0.219. The summed E-state index contributed by atoms with van der Waals surface area (Å²) in [6.07, 6.45) is 2.47. The molecule has 2 atom stereocenters. The van der Waals surface area contributed by atoms with E-state index in [0.29, 0.717) is 12.1 Å². The number of nitrogens with zero attached hydrogens (tertiary/aromatic N) is 1. The van der Waals surface area contributed by atoms with Gasteiger partial charge in [-0.1, -0.05) is 44.2 Å². The number of nitrogens with one attached hydrogen (secondary N) is 1. The zero-order valence-electron chi connectivity index (χ0n) is 18.2. The second-order valence-electron chi connectivity index (χ2n) is 7.58. The Labute approximate surface area is 175 Å². The van der Waals surface area contributed by atoms with Crippen LogP contribution >= 0.6 is 0 Å². The summed E-state index contributed by atoms with van der Waals surface area (Å²) in [7, 11) is -3.64. The van der Waals surface area contributed by atoms with E-state index in [2.05, 4.69) is 12.2 Å². The van der Waals surface area contributed by atoms with E-state index >= 15 is 0 Å². The predicted octanol–water partition coefficient (Wildman–Crippen LogP) is 4.29. The number of sulfonamides is 1. The first-order valence-electron chi connectivity index (χ1n) is 10.0. The van der Waals surface area contributed by atoms with Gasteiger partial charge in [0.1, 0.15) is 6.04 Å². The van der Waals surface area contributed by atoms with E-state index in [1.54, 1.807) is 6.07 Å². The van der Waals surface area contributed by atoms with Gasteiger partial charge in [-0.15, -0.1) is 0 Å². The Morgan fingerprint density at radius 2 is 1.66 bits per heavy atom. The molecule has 1 amide bonds.